The van der Waals surface area contributed by atoms with E-state index in [1.54, 1.807) is 19.2 Å². The fraction of sp³-hybridized carbons (Fsp3) is 0.111. The number of nitrogens with zero attached hydrogens (tertiary/aromatic N) is 3. The van der Waals surface area contributed by atoms with Crippen LogP contribution in [0.5, 0.6) is 5.75 Å². The maximum Gasteiger partial charge on any atom is 0.280 e. The molecule has 0 aliphatic rings. The van der Waals surface area contributed by atoms with E-state index in [-0.39, 0.29) is 11.4 Å². The summed E-state index contributed by atoms with van der Waals surface area (Å²) in [4.78, 5) is 23.2. The van der Waals surface area contributed by atoms with Gasteiger partial charge in [-0.05, 0) is 25.1 Å². The van der Waals surface area contributed by atoms with Gasteiger partial charge in [0.2, 0.25) is 0 Å². The molecule has 0 aliphatic carbocycles. The van der Waals surface area contributed by atoms with Gasteiger partial charge in [-0.2, -0.15) is 5.10 Å². The van der Waals surface area contributed by atoms with Crippen LogP contribution in [0.3, 0.4) is 0 Å². The van der Waals surface area contributed by atoms with E-state index < -0.39 is 10.8 Å². The van der Waals surface area contributed by atoms with Crippen molar-refractivity contribution in [3.63, 3.8) is 0 Å². The van der Waals surface area contributed by atoms with Crippen LogP contribution in [0.25, 0.3) is 5.69 Å². The van der Waals surface area contributed by atoms with Crippen molar-refractivity contribution in [3.8, 4) is 11.4 Å². The Morgan fingerprint density at radius 1 is 1.19 bits per heavy atom. The van der Waals surface area contributed by atoms with Gasteiger partial charge in [0.1, 0.15) is 0 Å². The van der Waals surface area contributed by atoms with Crippen LogP contribution in [0.15, 0.2) is 54.7 Å². The largest absolute Gasteiger partial charge is 0.493 e. The Morgan fingerprint density at radius 3 is 2.58 bits per heavy atom. The van der Waals surface area contributed by atoms with Crippen LogP contribution in [0, 0.1) is 17.0 Å². The summed E-state index contributed by atoms with van der Waals surface area (Å²) < 4.78 is 6.78. The van der Waals surface area contributed by atoms with Crippen LogP contribution in [-0.4, -0.2) is 27.7 Å². The zero-order chi connectivity index (χ0) is 18.7. The number of rotatable bonds is 5. The minimum atomic E-state index is -0.514. The number of carbonyl (C=O) groups excluding carboxylic acids is 1. The molecular weight excluding hydrogens is 336 g/mol. The molecule has 8 nitrogen and oxygen atoms in total. The number of ether oxygens (including phenoxy) is 1. The van der Waals surface area contributed by atoms with Gasteiger partial charge >= 0.3 is 0 Å². The number of nitro groups is 1. The van der Waals surface area contributed by atoms with E-state index in [4.69, 9.17) is 4.74 Å². The lowest BCUT2D eigenvalue weighted by Gasteiger charge is -2.08. The van der Waals surface area contributed by atoms with Gasteiger partial charge in [0.15, 0.2) is 11.4 Å². The van der Waals surface area contributed by atoms with E-state index in [2.05, 4.69) is 10.4 Å². The number of para-hydroxylation sites is 1. The van der Waals surface area contributed by atoms with E-state index in [9.17, 15) is 14.9 Å². The predicted octanol–water partition coefficient (Wildman–Crippen LogP) is 3.35. The first-order chi connectivity index (χ1) is 12.5. The van der Waals surface area contributed by atoms with Gasteiger partial charge in [-0.15, -0.1) is 0 Å². The minimum Gasteiger partial charge on any atom is -0.493 e. The van der Waals surface area contributed by atoms with Crippen LogP contribution in [-0.2, 0) is 0 Å². The van der Waals surface area contributed by atoms with Gasteiger partial charge < -0.3 is 10.1 Å². The van der Waals surface area contributed by atoms with Gasteiger partial charge in [0, 0.05) is 6.07 Å². The van der Waals surface area contributed by atoms with Crippen LogP contribution in [0.2, 0.25) is 0 Å². The lowest BCUT2D eigenvalue weighted by atomic mass is 10.1. The van der Waals surface area contributed by atoms with Gasteiger partial charge in [-0.1, -0.05) is 24.3 Å². The highest BCUT2D eigenvalue weighted by molar-refractivity contribution is 6.05. The Morgan fingerprint density at radius 2 is 1.92 bits per heavy atom. The molecule has 132 valence electrons. The summed E-state index contributed by atoms with van der Waals surface area (Å²) in [6.07, 6.45) is 1.60. The second-order valence-electron chi connectivity index (χ2n) is 5.49. The Kier molecular flexibility index (Phi) is 4.66. The first kappa shape index (κ1) is 17.2. The van der Waals surface area contributed by atoms with E-state index in [1.165, 1.54) is 23.9 Å². The molecule has 3 aromatic rings. The predicted molar refractivity (Wildman–Crippen MR) is 95.9 cm³/mol. The number of anilines is 1. The molecule has 0 bridgehead atoms. The number of nitro benzene ring substituents is 1. The monoisotopic (exact) mass is 352 g/mol. The number of aromatic nitrogens is 2. The third kappa shape index (κ3) is 3.25. The van der Waals surface area contributed by atoms with Crippen molar-refractivity contribution >= 4 is 17.3 Å². The molecule has 0 spiro atoms. The first-order valence-electron chi connectivity index (χ1n) is 7.75. The topological polar surface area (TPSA) is 99.3 Å². The summed E-state index contributed by atoms with van der Waals surface area (Å²) in [6, 6.07) is 13.8. The standard InChI is InChI=1S/C18H16N4O4/c1-12-14(9-6-10-15(12)22(24)25)19-18(23)17-16(26-2)11-21(20-17)13-7-4-3-5-8-13/h3-11H,1-2H3,(H,19,23). The molecule has 1 aromatic heterocycles. The van der Waals surface area contributed by atoms with Crippen LogP contribution in [0.1, 0.15) is 16.1 Å². The third-order valence-electron chi connectivity index (χ3n) is 3.89. The molecule has 3 rings (SSSR count). The highest BCUT2D eigenvalue weighted by atomic mass is 16.6. The summed E-state index contributed by atoms with van der Waals surface area (Å²) in [5.41, 5.74) is 1.51. The number of benzene rings is 2. The second-order valence-corrected chi connectivity index (χ2v) is 5.49. The van der Waals surface area contributed by atoms with Gasteiger partial charge in [0.05, 0.1) is 35.2 Å². The summed E-state index contributed by atoms with van der Waals surface area (Å²) in [5, 5.41) is 18.0. The molecule has 0 unspecified atom stereocenters. The van der Waals surface area contributed by atoms with E-state index >= 15 is 0 Å². The SMILES string of the molecule is COc1cn(-c2ccccc2)nc1C(=O)Nc1cccc([N+](=O)[O-])c1C. The van der Waals surface area contributed by atoms with Crippen molar-refractivity contribution in [3.05, 3.63) is 76.1 Å². The fourth-order valence-electron chi connectivity index (χ4n) is 2.52. The molecule has 0 aliphatic heterocycles. The van der Waals surface area contributed by atoms with Crippen molar-refractivity contribution in [1.29, 1.82) is 0 Å². The molecule has 0 saturated carbocycles. The van der Waals surface area contributed by atoms with E-state index in [0.717, 1.165) is 5.69 Å². The van der Waals surface area contributed by atoms with Crippen LogP contribution >= 0.6 is 0 Å². The molecule has 2 aromatic carbocycles. The molecule has 8 heteroatoms. The highest BCUT2D eigenvalue weighted by Crippen LogP contribution is 2.26. The Hall–Kier alpha value is -3.68. The first-order valence-corrected chi connectivity index (χ1v) is 7.75. The van der Waals surface area contributed by atoms with E-state index in [0.29, 0.717) is 17.0 Å². The molecule has 0 fully saturated rings. The molecule has 0 radical (unpaired) electrons. The third-order valence-corrected chi connectivity index (χ3v) is 3.89. The number of amides is 1. The van der Waals surface area contributed by atoms with Crippen LogP contribution in [0.4, 0.5) is 11.4 Å². The Bertz CT molecular complexity index is 967. The maximum atomic E-state index is 12.6. The number of carbonyl (C=O) groups is 1. The Balaban J connectivity index is 1.93. The average Bonchev–Trinajstić information content (AvgIpc) is 3.08. The molecule has 0 saturated heterocycles. The molecule has 26 heavy (non-hydrogen) atoms. The number of nitrogens with one attached hydrogen (secondary N) is 1. The lowest BCUT2D eigenvalue weighted by Crippen LogP contribution is -2.15. The highest BCUT2D eigenvalue weighted by Gasteiger charge is 2.21. The van der Waals surface area contributed by atoms with Gasteiger partial charge in [-0.3, -0.25) is 14.9 Å². The van der Waals surface area contributed by atoms with Crippen molar-refractivity contribution in [2.24, 2.45) is 0 Å². The zero-order valence-corrected chi connectivity index (χ0v) is 14.2. The van der Waals surface area contributed by atoms with Crippen molar-refractivity contribution in [2.45, 2.75) is 6.92 Å². The van der Waals surface area contributed by atoms with Crippen LogP contribution < -0.4 is 10.1 Å². The summed E-state index contributed by atoms with van der Waals surface area (Å²) in [7, 11) is 1.45. The van der Waals surface area contributed by atoms with Crippen molar-refractivity contribution in [1.82, 2.24) is 9.78 Å². The average molecular weight is 352 g/mol. The van der Waals surface area contributed by atoms with Crippen molar-refractivity contribution < 1.29 is 14.5 Å². The molecule has 1 N–H and O–H groups in total. The zero-order valence-electron chi connectivity index (χ0n) is 14.2. The second kappa shape index (κ2) is 7.06. The molecule has 1 heterocycles. The van der Waals surface area contributed by atoms with E-state index in [1.807, 2.05) is 30.3 Å². The fourth-order valence-corrected chi connectivity index (χ4v) is 2.52. The maximum absolute atomic E-state index is 12.6. The minimum absolute atomic E-state index is 0.0652. The quantitative estimate of drug-likeness (QED) is 0.561. The smallest absolute Gasteiger partial charge is 0.280 e. The van der Waals surface area contributed by atoms with Gasteiger partial charge in [0.25, 0.3) is 11.6 Å². The Labute approximate surface area is 149 Å². The normalized spacial score (nSPS) is 10.4. The number of hydrogen-bond donors (Lipinski definition) is 1. The number of hydrogen-bond acceptors (Lipinski definition) is 5. The lowest BCUT2D eigenvalue weighted by molar-refractivity contribution is -0.385. The summed E-state index contributed by atoms with van der Waals surface area (Å²) in [5.74, 6) is -0.213. The summed E-state index contributed by atoms with van der Waals surface area (Å²) >= 11 is 0. The van der Waals surface area contributed by atoms with Crippen molar-refractivity contribution in [2.75, 3.05) is 12.4 Å². The van der Waals surface area contributed by atoms with Gasteiger partial charge in [-0.25, -0.2) is 4.68 Å². The molecular formula is C18H16N4O4. The summed E-state index contributed by atoms with van der Waals surface area (Å²) in [6.45, 7) is 1.58. The molecule has 0 atom stereocenters. The molecule has 1 amide bonds. The number of methoxy groups -OCH3 is 1.